The lowest BCUT2D eigenvalue weighted by molar-refractivity contribution is -0.120. The van der Waals surface area contributed by atoms with Gasteiger partial charge in [-0.05, 0) is 12.1 Å². The van der Waals surface area contributed by atoms with Gasteiger partial charge in [-0.2, -0.15) is 0 Å². The Morgan fingerprint density at radius 2 is 2.18 bits per heavy atom. The van der Waals surface area contributed by atoms with Gasteiger partial charge >= 0.3 is 0 Å². The fourth-order valence-electron chi connectivity index (χ4n) is 1.69. The Balaban J connectivity index is 2.44. The molecular weight excluding hydrogens is 224 g/mol. The molecule has 1 aliphatic heterocycles. The van der Waals surface area contributed by atoms with Gasteiger partial charge in [-0.15, -0.1) is 0 Å². The molecule has 0 aromatic heterocycles. The zero-order valence-electron chi connectivity index (χ0n) is 9.06. The van der Waals surface area contributed by atoms with E-state index in [1.807, 2.05) is 5.43 Å². The second-order valence-electron chi connectivity index (χ2n) is 3.52. The highest BCUT2D eigenvalue weighted by molar-refractivity contribution is 5.86. The molecular formula is C11H12N2O4. The molecule has 90 valence electrons. The summed E-state index contributed by atoms with van der Waals surface area (Å²) in [4.78, 5) is 22.2. The van der Waals surface area contributed by atoms with Gasteiger partial charge in [0.2, 0.25) is 5.91 Å². The third-order valence-corrected chi connectivity index (χ3v) is 2.47. The molecule has 0 saturated heterocycles. The molecule has 0 fully saturated rings. The lowest BCUT2D eigenvalue weighted by Crippen LogP contribution is -2.32. The number of hydrogen-bond acceptors (Lipinski definition) is 5. The van der Waals surface area contributed by atoms with E-state index < -0.39 is 5.91 Å². The second-order valence-corrected chi connectivity index (χ2v) is 3.52. The number of nitrogens with one attached hydrogen (secondary N) is 1. The van der Waals surface area contributed by atoms with Crippen molar-refractivity contribution in [3.8, 4) is 11.5 Å². The van der Waals surface area contributed by atoms with Crippen LogP contribution in [-0.2, 0) is 11.2 Å². The van der Waals surface area contributed by atoms with Crippen molar-refractivity contribution >= 4 is 12.2 Å². The standard InChI is InChI=1S/C11H12N2O4/c12-13-10(15)5-8-7(6-14)1-2-9-11(8)17-4-3-16-9/h1-2,6H,3-5,12H2,(H,13,15). The summed E-state index contributed by atoms with van der Waals surface area (Å²) >= 11 is 0. The first kappa shape index (κ1) is 11.4. The van der Waals surface area contributed by atoms with Crippen molar-refractivity contribution in [2.75, 3.05) is 13.2 Å². The summed E-state index contributed by atoms with van der Waals surface area (Å²) in [5.41, 5.74) is 2.92. The average molecular weight is 236 g/mol. The molecule has 1 amide bonds. The molecule has 0 aliphatic carbocycles. The molecule has 6 nitrogen and oxygen atoms in total. The van der Waals surface area contributed by atoms with Gasteiger partial charge in [0.1, 0.15) is 19.5 Å². The number of rotatable bonds is 3. The number of ether oxygens (including phenoxy) is 2. The van der Waals surface area contributed by atoms with Crippen LogP contribution in [0.15, 0.2) is 12.1 Å². The molecule has 1 aromatic rings. The van der Waals surface area contributed by atoms with Crippen LogP contribution < -0.4 is 20.7 Å². The zero-order valence-corrected chi connectivity index (χ0v) is 9.06. The van der Waals surface area contributed by atoms with E-state index in [1.165, 1.54) is 0 Å². The molecule has 0 bridgehead atoms. The zero-order chi connectivity index (χ0) is 12.3. The van der Waals surface area contributed by atoms with Crippen molar-refractivity contribution in [2.45, 2.75) is 6.42 Å². The molecule has 17 heavy (non-hydrogen) atoms. The molecule has 6 heteroatoms. The smallest absolute Gasteiger partial charge is 0.238 e. The third-order valence-electron chi connectivity index (χ3n) is 2.47. The molecule has 2 rings (SSSR count). The van der Waals surface area contributed by atoms with Gasteiger partial charge in [0.15, 0.2) is 11.5 Å². The van der Waals surface area contributed by atoms with Crippen molar-refractivity contribution in [3.63, 3.8) is 0 Å². The maximum atomic E-state index is 11.3. The second kappa shape index (κ2) is 4.84. The number of hydrazine groups is 1. The normalized spacial score (nSPS) is 13.0. The summed E-state index contributed by atoms with van der Waals surface area (Å²) in [7, 11) is 0. The first-order valence-electron chi connectivity index (χ1n) is 5.12. The van der Waals surface area contributed by atoms with E-state index in [0.717, 1.165) is 0 Å². The van der Waals surface area contributed by atoms with Crippen molar-refractivity contribution in [1.29, 1.82) is 0 Å². The Hall–Kier alpha value is -2.08. The number of fused-ring (bicyclic) bond motifs is 1. The topological polar surface area (TPSA) is 90.7 Å². The van der Waals surface area contributed by atoms with Crippen LogP contribution in [0.3, 0.4) is 0 Å². The van der Waals surface area contributed by atoms with Crippen LogP contribution >= 0.6 is 0 Å². The van der Waals surface area contributed by atoms with Gasteiger partial charge in [-0.1, -0.05) is 0 Å². The van der Waals surface area contributed by atoms with Crippen LogP contribution in [0.1, 0.15) is 15.9 Å². The van der Waals surface area contributed by atoms with Crippen LogP contribution in [0.5, 0.6) is 11.5 Å². The first-order valence-corrected chi connectivity index (χ1v) is 5.12. The minimum absolute atomic E-state index is 0.0168. The molecule has 1 aliphatic rings. The van der Waals surface area contributed by atoms with Gasteiger partial charge in [-0.3, -0.25) is 15.0 Å². The van der Waals surface area contributed by atoms with E-state index in [-0.39, 0.29) is 6.42 Å². The molecule has 0 radical (unpaired) electrons. The molecule has 1 aromatic carbocycles. The molecule has 0 spiro atoms. The largest absolute Gasteiger partial charge is 0.486 e. The Morgan fingerprint density at radius 1 is 1.41 bits per heavy atom. The van der Waals surface area contributed by atoms with Crippen LogP contribution in [0, 0.1) is 0 Å². The Labute approximate surface area is 97.7 Å². The SMILES string of the molecule is NNC(=O)Cc1c(C=O)ccc2c1OCCO2. The summed E-state index contributed by atoms with van der Waals surface area (Å²) in [5.74, 6) is 5.63. The van der Waals surface area contributed by atoms with E-state index in [2.05, 4.69) is 0 Å². The van der Waals surface area contributed by atoms with Gasteiger partial charge in [0, 0.05) is 11.1 Å². The van der Waals surface area contributed by atoms with Crippen LogP contribution in [0.4, 0.5) is 0 Å². The fraction of sp³-hybridized carbons (Fsp3) is 0.273. The number of aldehydes is 1. The summed E-state index contributed by atoms with van der Waals surface area (Å²) in [6, 6.07) is 3.25. The Kier molecular flexibility index (Phi) is 3.24. The fourth-order valence-corrected chi connectivity index (χ4v) is 1.69. The molecule has 1 heterocycles. The summed E-state index contributed by atoms with van der Waals surface area (Å²) < 4.78 is 10.8. The lowest BCUT2D eigenvalue weighted by Gasteiger charge is -2.21. The molecule has 0 atom stereocenters. The summed E-state index contributed by atoms with van der Waals surface area (Å²) in [6.07, 6.45) is 0.661. The number of hydrogen-bond donors (Lipinski definition) is 2. The number of nitrogens with two attached hydrogens (primary N) is 1. The number of amides is 1. The first-order chi connectivity index (χ1) is 8.26. The van der Waals surface area contributed by atoms with Crippen LogP contribution in [0.25, 0.3) is 0 Å². The maximum absolute atomic E-state index is 11.3. The van der Waals surface area contributed by atoms with Crippen molar-refractivity contribution in [3.05, 3.63) is 23.3 Å². The molecule has 0 saturated carbocycles. The minimum Gasteiger partial charge on any atom is -0.486 e. The monoisotopic (exact) mass is 236 g/mol. The van der Waals surface area contributed by atoms with Gasteiger partial charge < -0.3 is 9.47 Å². The van der Waals surface area contributed by atoms with E-state index >= 15 is 0 Å². The van der Waals surface area contributed by atoms with Gasteiger partial charge in [0.05, 0.1) is 6.42 Å². The lowest BCUT2D eigenvalue weighted by atomic mass is 10.0. The molecule has 0 unspecified atom stereocenters. The van der Waals surface area contributed by atoms with Crippen molar-refractivity contribution < 1.29 is 19.1 Å². The van der Waals surface area contributed by atoms with E-state index in [0.29, 0.717) is 42.1 Å². The van der Waals surface area contributed by atoms with Gasteiger partial charge in [0.25, 0.3) is 0 Å². The van der Waals surface area contributed by atoms with Crippen LogP contribution in [0.2, 0.25) is 0 Å². The average Bonchev–Trinajstić information content (AvgIpc) is 2.39. The van der Waals surface area contributed by atoms with E-state index in [4.69, 9.17) is 15.3 Å². The molecule has 3 N–H and O–H groups in total. The summed E-state index contributed by atoms with van der Waals surface area (Å²) in [6.45, 7) is 0.850. The van der Waals surface area contributed by atoms with Crippen molar-refractivity contribution in [2.24, 2.45) is 5.84 Å². The Morgan fingerprint density at radius 3 is 2.88 bits per heavy atom. The predicted octanol–water partition coefficient (Wildman–Crippen LogP) is -0.197. The number of carbonyl (C=O) groups excluding carboxylic acids is 2. The number of benzene rings is 1. The third kappa shape index (κ3) is 2.21. The highest BCUT2D eigenvalue weighted by atomic mass is 16.6. The number of carbonyl (C=O) groups is 2. The Bertz CT molecular complexity index is 459. The minimum atomic E-state index is -0.393. The highest BCUT2D eigenvalue weighted by Gasteiger charge is 2.20. The van der Waals surface area contributed by atoms with E-state index in [9.17, 15) is 9.59 Å². The maximum Gasteiger partial charge on any atom is 0.238 e. The van der Waals surface area contributed by atoms with Gasteiger partial charge in [-0.25, -0.2) is 5.84 Å². The van der Waals surface area contributed by atoms with Crippen LogP contribution in [-0.4, -0.2) is 25.4 Å². The predicted molar refractivity (Wildman–Crippen MR) is 58.9 cm³/mol. The summed E-state index contributed by atoms with van der Waals surface area (Å²) in [5, 5.41) is 0. The van der Waals surface area contributed by atoms with E-state index in [1.54, 1.807) is 12.1 Å². The highest BCUT2D eigenvalue weighted by Crippen LogP contribution is 2.35. The quantitative estimate of drug-likeness (QED) is 0.328. The van der Waals surface area contributed by atoms with Crippen molar-refractivity contribution in [1.82, 2.24) is 5.43 Å².